The predicted octanol–water partition coefficient (Wildman–Crippen LogP) is 3.99. The molecule has 1 unspecified atom stereocenters. The Bertz CT molecular complexity index is 416. The second-order valence-corrected chi connectivity index (χ2v) is 6.31. The molecule has 0 radical (unpaired) electrons. The van der Waals surface area contributed by atoms with E-state index in [0.29, 0.717) is 10.9 Å². The third kappa shape index (κ3) is 3.32. The fraction of sp³-hybridized carbons (Fsp3) is 0.462. The highest BCUT2D eigenvalue weighted by molar-refractivity contribution is 9.10. The minimum atomic E-state index is -0.299. The first-order valence-corrected chi connectivity index (χ1v) is 7.60. The van der Waals surface area contributed by atoms with Crippen molar-refractivity contribution in [1.29, 1.82) is 0 Å². The van der Waals surface area contributed by atoms with Crippen LogP contribution in [0, 0.1) is 5.82 Å². The van der Waals surface area contributed by atoms with Crippen LogP contribution < -0.4 is 0 Å². The standard InChI is InChI=1S/C13H14BrFOS/c14-13-9(4-3-5-10(13)15)8-11(16)12-6-1-2-7-17-12/h3-5,12H,1-2,6-8H2. The Hall–Kier alpha value is -0.350. The zero-order valence-corrected chi connectivity index (χ0v) is 11.8. The molecule has 92 valence electrons. The number of carbonyl (C=O) groups is 1. The van der Waals surface area contributed by atoms with Gasteiger partial charge in [0.25, 0.3) is 0 Å². The number of halogens is 2. The van der Waals surface area contributed by atoms with E-state index in [0.717, 1.165) is 24.2 Å². The van der Waals surface area contributed by atoms with E-state index in [1.54, 1.807) is 23.9 Å². The lowest BCUT2D eigenvalue weighted by Crippen LogP contribution is -2.22. The molecule has 1 aliphatic heterocycles. The van der Waals surface area contributed by atoms with Gasteiger partial charge >= 0.3 is 0 Å². The predicted molar refractivity (Wildman–Crippen MR) is 72.9 cm³/mol. The zero-order valence-electron chi connectivity index (χ0n) is 9.42. The van der Waals surface area contributed by atoms with Gasteiger partial charge in [0, 0.05) is 6.42 Å². The van der Waals surface area contributed by atoms with Crippen LogP contribution in [0.5, 0.6) is 0 Å². The summed E-state index contributed by atoms with van der Waals surface area (Å²) >= 11 is 4.94. The van der Waals surface area contributed by atoms with Gasteiger partial charge in [-0.25, -0.2) is 4.39 Å². The molecule has 1 aromatic rings. The normalized spacial score (nSPS) is 20.2. The average molecular weight is 317 g/mol. The third-order valence-electron chi connectivity index (χ3n) is 2.94. The van der Waals surface area contributed by atoms with Crippen LogP contribution in [-0.4, -0.2) is 16.8 Å². The molecule has 1 aliphatic rings. The van der Waals surface area contributed by atoms with E-state index in [1.165, 1.54) is 12.5 Å². The van der Waals surface area contributed by atoms with Crippen molar-refractivity contribution in [1.82, 2.24) is 0 Å². The maximum Gasteiger partial charge on any atom is 0.150 e. The van der Waals surface area contributed by atoms with Crippen molar-refractivity contribution in [3.05, 3.63) is 34.1 Å². The topological polar surface area (TPSA) is 17.1 Å². The molecule has 0 N–H and O–H groups in total. The summed E-state index contributed by atoms with van der Waals surface area (Å²) in [7, 11) is 0. The molecule has 0 amide bonds. The summed E-state index contributed by atoms with van der Waals surface area (Å²) < 4.78 is 13.7. The van der Waals surface area contributed by atoms with Gasteiger partial charge < -0.3 is 0 Å². The number of benzene rings is 1. The number of hydrogen-bond acceptors (Lipinski definition) is 2. The number of Topliss-reactive ketones (excluding diaryl/α,β-unsaturated/α-hetero) is 1. The van der Waals surface area contributed by atoms with E-state index >= 15 is 0 Å². The quantitative estimate of drug-likeness (QED) is 0.839. The van der Waals surface area contributed by atoms with E-state index in [4.69, 9.17) is 0 Å². The maximum absolute atomic E-state index is 13.3. The highest BCUT2D eigenvalue weighted by Crippen LogP contribution is 2.28. The van der Waals surface area contributed by atoms with Crippen LogP contribution in [0.2, 0.25) is 0 Å². The third-order valence-corrected chi connectivity index (χ3v) is 5.25. The van der Waals surface area contributed by atoms with Crippen molar-refractivity contribution in [3.8, 4) is 0 Å². The van der Waals surface area contributed by atoms with Gasteiger partial charge in [0.15, 0.2) is 0 Å². The van der Waals surface area contributed by atoms with E-state index in [-0.39, 0.29) is 16.9 Å². The first kappa shape index (κ1) is 13.1. The molecule has 0 spiro atoms. The molecular formula is C13H14BrFOS. The lowest BCUT2D eigenvalue weighted by Gasteiger charge is -2.20. The van der Waals surface area contributed by atoms with Crippen molar-refractivity contribution < 1.29 is 9.18 Å². The van der Waals surface area contributed by atoms with Crippen molar-refractivity contribution >= 4 is 33.5 Å². The number of ketones is 1. The van der Waals surface area contributed by atoms with Crippen LogP contribution in [-0.2, 0) is 11.2 Å². The fourth-order valence-electron chi connectivity index (χ4n) is 1.98. The van der Waals surface area contributed by atoms with Gasteiger partial charge in [-0.15, -0.1) is 0 Å². The molecule has 1 atom stereocenters. The molecule has 1 saturated heterocycles. The molecule has 1 aromatic carbocycles. The molecule has 0 aliphatic carbocycles. The van der Waals surface area contributed by atoms with Gasteiger partial charge in [-0.3, -0.25) is 4.79 Å². The summed E-state index contributed by atoms with van der Waals surface area (Å²) in [5, 5.41) is 0.110. The highest BCUT2D eigenvalue weighted by Gasteiger charge is 2.22. The Morgan fingerprint density at radius 2 is 2.29 bits per heavy atom. The largest absolute Gasteiger partial charge is 0.298 e. The van der Waals surface area contributed by atoms with Crippen molar-refractivity contribution in [3.63, 3.8) is 0 Å². The molecule has 2 rings (SSSR count). The Morgan fingerprint density at radius 1 is 1.47 bits per heavy atom. The number of thioether (sulfide) groups is 1. The van der Waals surface area contributed by atoms with Gasteiger partial charge in [0.1, 0.15) is 11.6 Å². The fourth-order valence-corrected chi connectivity index (χ4v) is 3.64. The summed E-state index contributed by atoms with van der Waals surface area (Å²) in [5.41, 5.74) is 0.751. The SMILES string of the molecule is O=C(Cc1cccc(F)c1Br)C1CCCCS1. The Labute approximate surface area is 113 Å². The molecule has 4 heteroatoms. The number of carbonyl (C=O) groups excluding carboxylic acids is 1. The Kier molecular flexibility index (Phi) is 4.62. The van der Waals surface area contributed by atoms with E-state index in [2.05, 4.69) is 15.9 Å². The minimum absolute atomic E-state index is 0.110. The molecular weight excluding hydrogens is 303 g/mol. The molecule has 17 heavy (non-hydrogen) atoms. The Morgan fingerprint density at radius 3 is 3.00 bits per heavy atom. The molecule has 1 heterocycles. The van der Waals surface area contributed by atoms with Crippen LogP contribution in [0.4, 0.5) is 4.39 Å². The molecule has 1 nitrogen and oxygen atoms in total. The van der Waals surface area contributed by atoms with Crippen LogP contribution in [0.3, 0.4) is 0 Å². The molecule has 1 fully saturated rings. The van der Waals surface area contributed by atoms with Gasteiger partial charge in [0.05, 0.1) is 9.72 Å². The van der Waals surface area contributed by atoms with Crippen molar-refractivity contribution in [2.45, 2.75) is 30.9 Å². The van der Waals surface area contributed by atoms with Crippen LogP contribution >= 0.6 is 27.7 Å². The number of rotatable bonds is 3. The molecule has 0 saturated carbocycles. The van der Waals surface area contributed by atoms with Crippen LogP contribution in [0.15, 0.2) is 22.7 Å². The minimum Gasteiger partial charge on any atom is -0.298 e. The number of hydrogen-bond donors (Lipinski definition) is 0. The monoisotopic (exact) mass is 316 g/mol. The maximum atomic E-state index is 13.3. The lowest BCUT2D eigenvalue weighted by molar-refractivity contribution is -0.118. The first-order chi connectivity index (χ1) is 8.18. The van der Waals surface area contributed by atoms with Crippen LogP contribution in [0.1, 0.15) is 24.8 Å². The second kappa shape index (κ2) is 6.01. The zero-order chi connectivity index (χ0) is 12.3. The smallest absolute Gasteiger partial charge is 0.150 e. The summed E-state index contributed by atoms with van der Waals surface area (Å²) in [6.45, 7) is 0. The van der Waals surface area contributed by atoms with Gasteiger partial charge in [-0.05, 0) is 46.2 Å². The average Bonchev–Trinajstić information content (AvgIpc) is 2.36. The van der Waals surface area contributed by atoms with Gasteiger partial charge in [-0.1, -0.05) is 18.6 Å². The summed E-state index contributed by atoms with van der Waals surface area (Å²) in [6.07, 6.45) is 3.64. The summed E-state index contributed by atoms with van der Waals surface area (Å²) in [5.74, 6) is 0.994. The first-order valence-electron chi connectivity index (χ1n) is 5.75. The molecule has 0 aromatic heterocycles. The summed E-state index contributed by atoms with van der Waals surface area (Å²) in [4.78, 5) is 12.1. The van der Waals surface area contributed by atoms with Crippen molar-refractivity contribution in [2.75, 3.05) is 5.75 Å². The summed E-state index contributed by atoms with van der Waals surface area (Å²) in [6, 6.07) is 4.85. The van der Waals surface area contributed by atoms with E-state index in [1.807, 2.05) is 0 Å². The van der Waals surface area contributed by atoms with Crippen molar-refractivity contribution in [2.24, 2.45) is 0 Å². The van der Waals surface area contributed by atoms with Gasteiger partial charge in [-0.2, -0.15) is 11.8 Å². The van der Waals surface area contributed by atoms with E-state index < -0.39 is 0 Å². The molecule has 0 bridgehead atoms. The highest BCUT2D eigenvalue weighted by atomic mass is 79.9. The van der Waals surface area contributed by atoms with Gasteiger partial charge in [0.2, 0.25) is 0 Å². The second-order valence-electron chi connectivity index (χ2n) is 4.21. The Balaban J connectivity index is 2.04. The van der Waals surface area contributed by atoms with E-state index in [9.17, 15) is 9.18 Å². The lowest BCUT2D eigenvalue weighted by atomic mass is 10.0. The van der Waals surface area contributed by atoms with Crippen LogP contribution in [0.25, 0.3) is 0 Å².